The van der Waals surface area contributed by atoms with Crippen LogP contribution in [0, 0.1) is 5.92 Å². The molecule has 4 heterocycles. The zero-order valence-electron chi connectivity index (χ0n) is 11.9. The summed E-state index contributed by atoms with van der Waals surface area (Å²) in [6, 6.07) is 0.401. The van der Waals surface area contributed by atoms with Crippen molar-refractivity contribution in [2.75, 3.05) is 45.8 Å². The summed E-state index contributed by atoms with van der Waals surface area (Å²) in [5.41, 5.74) is 0. The van der Waals surface area contributed by atoms with Crippen LogP contribution in [0.5, 0.6) is 0 Å². The Morgan fingerprint density at radius 1 is 1.21 bits per heavy atom. The smallest absolute Gasteiger partial charge is 0.237 e. The highest BCUT2D eigenvalue weighted by molar-refractivity contribution is 5.81. The Labute approximate surface area is 115 Å². The number of hydrogen-bond acceptors (Lipinski definition) is 4. The number of nitrogens with one attached hydrogen (secondary N) is 2. The Hall–Kier alpha value is -0.650. The van der Waals surface area contributed by atoms with Gasteiger partial charge >= 0.3 is 0 Å². The van der Waals surface area contributed by atoms with Crippen LogP contribution in [-0.2, 0) is 4.79 Å². The maximum Gasteiger partial charge on any atom is 0.237 e. The van der Waals surface area contributed by atoms with Crippen molar-refractivity contribution >= 4 is 5.91 Å². The van der Waals surface area contributed by atoms with Gasteiger partial charge in [-0.25, -0.2) is 0 Å². The predicted molar refractivity (Wildman–Crippen MR) is 75.0 cm³/mol. The highest BCUT2D eigenvalue weighted by Crippen LogP contribution is 2.27. The van der Waals surface area contributed by atoms with Crippen LogP contribution in [0.2, 0.25) is 0 Å². The first-order valence-corrected chi connectivity index (χ1v) is 7.71. The van der Waals surface area contributed by atoms with E-state index in [9.17, 15) is 4.79 Å². The van der Waals surface area contributed by atoms with Crippen LogP contribution < -0.4 is 10.6 Å². The fourth-order valence-electron chi connectivity index (χ4n) is 3.67. The summed E-state index contributed by atoms with van der Waals surface area (Å²) < 4.78 is 0. The van der Waals surface area contributed by atoms with Crippen molar-refractivity contribution in [3.63, 3.8) is 0 Å². The molecule has 2 bridgehead atoms. The molecule has 0 aromatic rings. The summed E-state index contributed by atoms with van der Waals surface area (Å²) >= 11 is 0. The molecule has 19 heavy (non-hydrogen) atoms. The van der Waals surface area contributed by atoms with Crippen molar-refractivity contribution < 1.29 is 4.79 Å². The highest BCUT2D eigenvalue weighted by atomic mass is 16.2. The summed E-state index contributed by atoms with van der Waals surface area (Å²) in [6.07, 6.45) is 2.51. The summed E-state index contributed by atoms with van der Waals surface area (Å²) in [6.45, 7) is 9.51. The number of amides is 1. The second kappa shape index (κ2) is 5.77. The average Bonchev–Trinajstić information content (AvgIpc) is 2.48. The van der Waals surface area contributed by atoms with Gasteiger partial charge in [-0.2, -0.15) is 0 Å². The first-order valence-electron chi connectivity index (χ1n) is 7.71. The molecule has 4 fully saturated rings. The molecule has 0 radical (unpaired) electrons. The van der Waals surface area contributed by atoms with Gasteiger partial charge in [0.1, 0.15) is 0 Å². The normalized spacial score (nSPS) is 37.0. The second-order valence-corrected chi connectivity index (χ2v) is 6.22. The molecule has 108 valence electrons. The van der Waals surface area contributed by atoms with Crippen molar-refractivity contribution in [2.24, 2.45) is 5.92 Å². The van der Waals surface area contributed by atoms with E-state index in [-0.39, 0.29) is 11.9 Å². The van der Waals surface area contributed by atoms with Gasteiger partial charge in [0.05, 0.1) is 6.04 Å². The quantitative estimate of drug-likeness (QED) is 0.722. The van der Waals surface area contributed by atoms with Gasteiger partial charge in [-0.1, -0.05) is 0 Å². The molecule has 0 aromatic carbocycles. The van der Waals surface area contributed by atoms with Crippen molar-refractivity contribution in [3.05, 3.63) is 0 Å². The molecule has 5 nitrogen and oxygen atoms in total. The van der Waals surface area contributed by atoms with Crippen molar-refractivity contribution in [3.8, 4) is 0 Å². The number of rotatable bonds is 3. The minimum atomic E-state index is 0.0116. The van der Waals surface area contributed by atoms with E-state index in [1.807, 2.05) is 6.92 Å². The van der Waals surface area contributed by atoms with Crippen LogP contribution in [0.15, 0.2) is 0 Å². The molecule has 0 saturated carbocycles. The molecule has 4 rings (SSSR count). The van der Waals surface area contributed by atoms with E-state index >= 15 is 0 Å². The lowest BCUT2D eigenvalue weighted by molar-refractivity contribution is -0.128. The van der Waals surface area contributed by atoms with Gasteiger partial charge in [-0.3, -0.25) is 9.69 Å². The molecule has 2 N–H and O–H groups in total. The van der Waals surface area contributed by atoms with Gasteiger partial charge in [-0.05, 0) is 38.8 Å². The molecule has 0 aromatic heterocycles. The molecule has 1 amide bonds. The molecule has 2 atom stereocenters. The minimum absolute atomic E-state index is 0.0116. The number of piperidine rings is 3. The average molecular weight is 266 g/mol. The third kappa shape index (κ3) is 2.93. The zero-order chi connectivity index (χ0) is 13.2. The lowest BCUT2D eigenvalue weighted by Crippen LogP contribution is -2.60. The van der Waals surface area contributed by atoms with E-state index in [1.54, 1.807) is 0 Å². The first-order chi connectivity index (χ1) is 9.24. The monoisotopic (exact) mass is 266 g/mol. The topological polar surface area (TPSA) is 47.6 Å². The maximum atomic E-state index is 12.4. The summed E-state index contributed by atoms with van der Waals surface area (Å²) in [5, 5.41) is 6.64. The van der Waals surface area contributed by atoms with Crippen LogP contribution >= 0.6 is 0 Å². The highest BCUT2D eigenvalue weighted by Gasteiger charge is 2.36. The van der Waals surface area contributed by atoms with E-state index in [0.29, 0.717) is 12.0 Å². The van der Waals surface area contributed by atoms with Crippen LogP contribution in [0.4, 0.5) is 0 Å². The minimum Gasteiger partial charge on any atom is -0.350 e. The number of nitrogens with zero attached hydrogens (tertiary/aromatic N) is 2. The van der Waals surface area contributed by atoms with E-state index in [2.05, 4.69) is 20.4 Å². The van der Waals surface area contributed by atoms with Crippen molar-refractivity contribution in [1.29, 1.82) is 0 Å². The summed E-state index contributed by atoms with van der Waals surface area (Å²) in [7, 11) is 0. The molecule has 4 aliphatic rings. The van der Waals surface area contributed by atoms with Crippen molar-refractivity contribution in [1.82, 2.24) is 20.4 Å². The molecule has 0 aliphatic carbocycles. The lowest BCUT2D eigenvalue weighted by atomic mass is 9.84. The largest absolute Gasteiger partial charge is 0.350 e. The summed E-state index contributed by atoms with van der Waals surface area (Å²) in [4.78, 5) is 17.2. The molecule has 0 spiro atoms. The van der Waals surface area contributed by atoms with Crippen LogP contribution in [0.3, 0.4) is 0 Å². The predicted octanol–water partition coefficient (Wildman–Crippen LogP) is -0.509. The van der Waals surface area contributed by atoms with Gasteiger partial charge in [0.15, 0.2) is 0 Å². The van der Waals surface area contributed by atoms with Crippen LogP contribution in [-0.4, -0.2) is 73.6 Å². The van der Waals surface area contributed by atoms with Gasteiger partial charge in [0, 0.05) is 38.8 Å². The van der Waals surface area contributed by atoms with Crippen LogP contribution in [0.1, 0.15) is 19.8 Å². The Morgan fingerprint density at radius 2 is 1.89 bits per heavy atom. The van der Waals surface area contributed by atoms with E-state index in [1.165, 1.54) is 25.9 Å². The number of fused-ring (bicyclic) bond motifs is 3. The Bertz CT molecular complexity index is 321. The molecule has 2 unspecified atom stereocenters. The lowest BCUT2D eigenvalue weighted by Gasteiger charge is -2.45. The standard InChI is InChI=1S/C14H26N4O/c1-11(18-8-4-15-5-9-18)14(19)16-13-10-17-6-2-12(13)3-7-17/h11-13,15H,2-10H2,1H3,(H,16,19). The SMILES string of the molecule is CC(C(=O)NC1CN2CCC1CC2)N1CCNCC1. The Morgan fingerprint density at radius 3 is 2.47 bits per heavy atom. The maximum absolute atomic E-state index is 12.4. The fourth-order valence-corrected chi connectivity index (χ4v) is 3.67. The summed E-state index contributed by atoms with van der Waals surface area (Å²) in [5.74, 6) is 0.935. The zero-order valence-corrected chi connectivity index (χ0v) is 11.9. The van der Waals surface area contributed by atoms with Gasteiger partial charge < -0.3 is 15.5 Å². The van der Waals surface area contributed by atoms with E-state index in [0.717, 1.165) is 32.7 Å². The molecule has 5 heteroatoms. The molecular weight excluding hydrogens is 240 g/mol. The molecular formula is C14H26N4O. The number of hydrogen-bond donors (Lipinski definition) is 2. The van der Waals surface area contributed by atoms with Gasteiger partial charge in [0.25, 0.3) is 0 Å². The van der Waals surface area contributed by atoms with E-state index < -0.39 is 0 Å². The van der Waals surface area contributed by atoms with E-state index in [4.69, 9.17) is 0 Å². The molecule has 4 aliphatic heterocycles. The third-order valence-electron chi connectivity index (χ3n) is 5.06. The first kappa shape index (κ1) is 13.3. The Kier molecular flexibility index (Phi) is 4.05. The number of carbonyl (C=O) groups excluding carboxylic acids is 1. The second-order valence-electron chi connectivity index (χ2n) is 6.22. The number of carbonyl (C=O) groups is 1. The third-order valence-corrected chi connectivity index (χ3v) is 5.06. The molecule has 4 saturated heterocycles. The van der Waals surface area contributed by atoms with Gasteiger partial charge in [-0.15, -0.1) is 0 Å². The Balaban J connectivity index is 1.52. The fraction of sp³-hybridized carbons (Fsp3) is 0.929. The number of piperazine rings is 1. The van der Waals surface area contributed by atoms with Crippen molar-refractivity contribution in [2.45, 2.75) is 31.8 Å². The van der Waals surface area contributed by atoms with Crippen LogP contribution in [0.25, 0.3) is 0 Å². The van der Waals surface area contributed by atoms with Gasteiger partial charge in [0.2, 0.25) is 5.91 Å².